The second-order valence-electron chi connectivity index (χ2n) is 5.56. The molecule has 2 aromatic heterocycles. The normalized spacial score (nSPS) is 16.7. The molecule has 5 nitrogen and oxygen atoms in total. The molecule has 1 fully saturated rings. The number of piperidine rings is 1. The standard InChI is InChI=1S/C16H22N4O/c1-2-19(14-6-8-17-9-7-14)12-13-11-16(21)20-10-4-3-5-15(20)18-13/h3-5,10-11,14,17H,2,6-9,12H2,1H3. The van der Waals surface area contributed by atoms with Gasteiger partial charge in [0.05, 0.1) is 5.69 Å². The van der Waals surface area contributed by atoms with Crippen LogP contribution in [0.5, 0.6) is 0 Å². The zero-order chi connectivity index (χ0) is 14.7. The van der Waals surface area contributed by atoms with Crippen molar-refractivity contribution in [2.45, 2.75) is 32.4 Å². The Morgan fingerprint density at radius 3 is 2.95 bits per heavy atom. The van der Waals surface area contributed by atoms with Gasteiger partial charge in [-0.25, -0.2) is 4.98 Å². The zero-order valence-electron chi connectivity index (χ0n) is 12.5. The predicted molar refractivity (Wildman–Crippen MR) is 83.4 cm³/mol. The summed E-state index contributed by atoms with van der Waals surface area (Å²) in [5.41, 5.74) is 1.59. The summed E-state index contributed by atoms with van der Waals surface area (Å²) >= 11 is 0. The van der Waals surface area contributed by atoms with Crippen molar-refractivity contribution in [3.8, 4) is 0 Å². The summed E-state index contributed by atoms with van der Waals surface area (Å²) in [6.07, 6.45) is 4.10. The van der Waals surface area contributed by atoms with Crippen LogP contribution in [0.4, 0.5) is 0 Å². The number of rotatable bonds is 4. The fourth-order valence-corrected chi connectivity index (χ4v) is 3.06. The summed E-state index contributed by atoms with van der Waals surface area (Å²) in [4.78, 5) is 19.2. The average Bonchev–Trinajstić information content (AvgIpc) is 2.53. The molecule has 0 radical (unpaired) electrons. The molecule has 1 aliphatic heterocycles. The lowest BCUT2D eigenvalue weighted by molar-refractivity contribution is 0.160. The van der Waals surface area contributed by atoms with E-state index in [9.17, 15) is 4.79 Å². The minimum atomic E-state index is -0.00281. The Morgan fingerprint density at radius 1 is 1.38 bits per heavy atom. The number of pyridine rings is 1. The van der Waals surface area contributed by atoms with Crippen LogP contribution in [0.1, 0.15) is 25.5 Å². The maximum atomic E-state index is 12.1. The smallest absolute Gasteiger partial charge is 0.258 e. The predicted octanol–water partition coefficient (Wildman–Crippen LogP) is 1.27. The molecule has 2 aromatic rings. The first-order valence-electron chi connectivity index (χ1n) is 7.70. The molecule has 5 heteroatoms. The number of fused-ring (bicyclic) bond motifs is 1. The topological polar surface area (TPSA) is 49.6 Å². The van der Waals surface area contributed by atoms with E-state index < -0.39 is 0 Å². The minimum absolute atomic E-state index is 0.00281. The highest BCUT2D eigenvalue weighted by Gasteiger charge is 2.20. The lowest BCUT2D eigenvalue weighted by Crippen LogP contribution is -2.42. The molecule has 1 N–H and O–H groups in total. The lowest BCUT2D eigenvalue weighted by Gasteiger charge is -2.33. The Kier molecular flexibility index (Phi) is 4.31. The van der Waals surface area contributed by atoms with Crippen molar-refractivity contribution < 1.29 is 0 Å². The Morgan fingerprint density at radius 2 is 2.19 bits per heavy atom. The molecule has 0 aromatic carbocycles. The van der Waals surface area contributed by atoms with Crippen molar-refractivity contribution >= 4 is 5.65 Å². The van der Waals surface area contributed by atoms with E-state index >= 15 is 0 Å². The molecule has 1 aliphatic rings. The summed E-state index contributed by atoms with van der Waals surface area (Å²) in [7, 11) is 0. The van der Waals surface area contributed by atoms with Crippen LogP contribution in [0.15, 0.2) is 35.3 Å². The highest BCUT2D eigenvalue weighted by Crippen LogP contribution is 2.14. The maximum absolute atomic E-state index is 12.1. The molecule has 0 bridgehead atoms. The number of nitrogens with zero attached hydrogens (tertiary/aromatic N) is 3. The largest absolute Gasteiger partial charge is 0.317 e. The molecular formula is C16H22N4O. The van der Waals surface area contributed by atoms with Crippen LogP contribution in [0.3, 0.4) is 0 Å². The first-order chi connectivity index (χ1) is 10.3. The summed E-state index contributed by atoms with van der Waals surface area (Å²) in [6.45, 7) is 6.07. The number of hydrogen-bond acceptors (Lipinski definition) is 4. The molecule has 0 amide bonds. The Labute approximate surface area is 124 Å². The molecule has 0 atom stereocenters. The molecule has 1 saturated heterocycles. The SMILES string of the molecule is CCN(Cc1cc(=O)n2ccccc2n1)C1CCNCC1. The van der Waals surface area contributed by atoms with E-state index in [1.807, 2.05) is 18.2 Å². The second kappa shape index (κ2) is 6.37. The van der Waals surface area contributed by atoms with Crippen LogP contribution in [-0.4, -0.2) is 40.0 Å². The average molecular weight is 286 g/mol. The van der Waals surface area contributed by atoms with E-state index in [2.05, 4.69) is 22.1 Å². The Hall–Kier alpha value is -1.72. The highest BCUT2D eigenvalue weighted by molar-refractivity contribution is 5.37. The summed E-state index contributed by atoms with van der Waals surface area (Å²) in [6, 6.07) is 7.90. The first-order valence-corrected chi connectivity index (χ1v) is 7.70. The van der Waals surface area contributed by atoms with Crippen LogP contribution in [-0.2, 0) is 6.54 Å². The molecule has 112 valence electrons. The van der Waals surface area contributed by atoms with Crippen molar-refractivity contribution in [1.82, 2.24) is 19.6 Å². The summed E-state index contributed by atoms with van der Waals surface area (Å²) < 4.78 is 1.59. The van der Waals surface area contributed by atoms with Crippen molar-refractivity contribution in [2.75, 3.05) is 19.6 Å². The maximum Gasteiger partial charge on any atom is 0.258 e. The van der Waals surface area contributed by atoms with Crippen molar-refractivity contribution in [1.29, 1.82) is 0 Å². The number of aromatic nitrogens is 2. The van der Waals surface area contributed by atoms with E-state index in [-0.39, 0.29) is 5.56 Å². The summed E-state index contributed by atoms with van der Waals surface area (Å²) in [5.74, 6) is 0. The van der Waals surface area contributed by atoms with Crippen molar-refractivity contribution in [3.63, 3.8) is 0 Å². The molecule has 21 heavy (non-hydrogen) atoms. The molecule has 0 saturated carbocycles. The van der Waals surface area contributed by atoms with Crippen LogP contribution in [0, 0.1) is 0 Å². The lowest BCUT2D eigenvalue weighted by atomic mass is 10.0. The third-order valence-corrected chi connectivity index (χ3v) is 4.22. The highest BCUT2D eigenvalue weighted by atomic mass is 16.1. The first kappa shape index (κ1) is 14.2. The van der Waals surface area contributed by atoms with Gasteiger partial charge in [-0.3, -0.25) is 14.1 Å². The fourth-order valence-electron chi connectivity index (χ4n) is 3.06. The Balaban J connectivity index is 1.84. The van der Waals surface area contributed by atoms with E-state index in [4.69, 9.17) is 0 Å². The third-order valence-electron chi connectivity index (χ3n) is 4.22. The fraction of sp³-hybridized carbons (Fsp3) is 0.500. The molecular weight excluding hydrogens is 264 g/mol. The van der Waals surface area contributed by atoms with Gasteiger partial charge >= 0.3 is 0 Å². The van der Waals surface area contributed by atoms with E-state index in [0.717, 1.165) is 37.5 Å². The molecule has 0 unspecified atom stereocenters. The van der Waals surface area contributed by atoms with Gasteiger partial charge in [-0.15, -0.1) is 0 Å². The Bertz CT molecular complexity index is 661. The second-order valence-corrected chi connectivity index (χ2v) is 5.56. The van der Waals surface area contributed by atoms with Gasteiger partial charge in [-0.1, -0.05) is 13.0 Å². The van der Waals surface area contributed by atoms with Crippen LogP contribution in [0.25, 0.3) is 5.65 Å². The third kappa shape index (κ3) is 3.14. The molecule has 0 spiro atoms. The monoisotopic (exact) mass is 286 g/mol. The minimum Gasteiger partial charge on any atom is -0.317 e. The molecule has 0 aliphatic carbocycles. The molecule has 3 rings (SSSR count). The van der Waals surface area contributed by atoms with E-state index in [1.165, 1.54) is 12.8 Å². The van der Waals surface area contributed by atoms with Gasteiger partial charge in [0.15, 0.2) is 0 Å². The van der Waals surface area contributed by atoms with Crippen LogP contribution in [0.2, 0.25) is 0 Å². The number of nitrogens with one attached hydrogen (secondary N) is 1. The van der Waals surface area contributed by atoms with Crippen LogP contribution < -0.4 is 10.9 Å². The van der Waals surface area contributed by atoms with Crippen LogP contribution >= 0.6 is 0 Å². The van der Waals surface area contributed by atoms with E-state index in [1.54, 1.807) is 16.7 Å². The van der Waals surface area contributed by atoms with Crippen molar-refractivity contribution in [2.24, 2.45) is 0 Å². The van der Waals surface area contributed by atoms with Gasteiger partial charge in [0.25, 0.3) is 5.56 Å². The molecule has 3 heterocycles. The van der Waals surface area contributed by atoms with E-state index in [0.29, 0.717) is 6.04 Å². The van der Waals surface area contributed by atoms with Crippen molar-refractivity contribution in [3.05, 3.63) is 46.5 Å². The number of hydrogen-bond donors (Lipinski definition) is 1. The van der Waals surface area contributed by atoms with Gasteiger partial charge in [-0.05, 0) is 44.6 Å². The quantitative estimate of drug-likeness (QED) is 0.919. The van der Waals surface area contributed by atoms with Gasteiger partial charge in [0.2, 0.25) is 0 Å². The zero-order valence-corrected chi connectivity index (χ0v) is 12.5. The van der Waals surface area contributed by atoms with Gasteiger partial charge < -0.3 is 5.32 Å². The van der Waals surface area contributed by atoms with Gasteiger partial charge in [0, 0.05) is 24.8 Å². The summed E-state index contributed by atoms with van der Waals surface area (Å²) in [5, 5.41) is 3.40. The van der Waals surface area contributed by atoms with Gasteiger partial charge in [0.1, 0.15) is 5.65 Å². The van der Waals surface area contributed by atoms with Gasteiger partial charge in [-0.2, -0.15) is 0 Å².